The van der Waals surface area contributed by atoms with E-state index in [-0.39, 0.29) is 11.7 Å². The lowest BCUT2D eigenvalue weighted by Crippen LogP contribution is -2.10. The second-order valence-corrected chi connectivity index (χ2v) is 7.29. The van der Waals surface area contributed by atoms with Gasteiger partial charge in [-0.2, -0.15) is 0 Å². The molecule has 1 heterocycles. The number of benzene rings is 2. The van der Waals surface area contributed by atoms with E-state index in [0.717, 1.165) is 5.56 Å². The van der Waals surface area contributed by atoms with Gasteiger partial charge in [-0.25, -0.2) is 4.21 Å². The maximum absolute atomic E-state index is 11.0. The molecule has 2 aromatic carbocycles. The van der Waals surface area contributed by atoms with Crippen LogP contribution in [-0.2, 0) is 11.1 Å². The van der Waals surface area contributed by atoms with Crippen molar-refractivity contribution in [3.05, 3.63) is 52.0 Å². The number of hydrogen-bond acceptors (Lipinski definition) is 4. The van der Waals surface area contributed by atoms with Gasteiger partial charge in [0.15, 0.2) is 11.1 Å². The van der Waals surface area contributed by atoms with E-state index >= 15 is 0 Å². The van der Waals surface area contributed by atoms with Crippen LogP contribution in [0.5, 0.6) is 17.2 Å². The normalized spacial score (nSPS) is 16.8. The van der Waals surface area contributed by atoms with Crippen molar-refractivity contribution in [2.24, 2.45) is 0 Å². The van der Waals surface area contributed by atoms with Gasteiger partial charge in [0.05, 0.1) is 17.4 Å². The minimum Gasteiger partial charge on any atom is -0.492 e. The summed E-state index contributed by atoms with van der Waals surface area (Å²) in [5.74, 6) is 1.99. The fourth-order valence-electron chi connectivity index (χ4n) is 2.56. The van der Waals surface area contributed by atoms with Crippen molar-refractivity contribution >= 4 is 34.3 Å². The summed E-state index contributed by atoms with van der Waals surface area (Å²) in [6.45, 7) is 1.07. The second-order valence-electron chi connectivity index (χ2n) is 5.47. The number of rotatable bonds is 7. The Morgan fingerprint density at radius 3 is 2.72 bits per heavy atom. The monoisotopic (exact) mass is 402 g/mol. The Balaban J connectivity index is 1.52. The predicted molar refractivity (Wildman–Crippen MR) is 97.8 cm³/mol. The number of fused-ring (bicyclic) bond motifs is 1. The van der Waals surface area contributed by atoms with E-state index in [9.17, 15) is 4.21 Å². The van der Waals surface area contributed by atoms with Gasteiger partial charge in [-0.3, -0.25) is 0 Å². The largest absolute Gasteiger partial charge is 0.492 e. The van der Waals surface area contributed by atoms with Crippen LogP contribution < -0.4 is 14.2 Å². The van der Waals surface area contributed by atoms with Crippen molar-refractivity contribution in [3.8, 4) is 17.2 Å². The summed E-state index contributed by atoms with van der Waals surface area (Å²) >= 11 is 10.0. The van der Waals surface area contributed by atoms with Crippen molar-refractivity contribution in [3.63, 3.8) is 0 Å². The van der Waals surface area contributed by atoms with Crippen molar-refractivity contribution < 1.29 is 23.0 Å². The van der Waals surface area contributed by atoms with Crippen LogP contribution in [0.15, 0.2) is 36.4 Å². The zero-order chi connectivity index (χ0) is 17.8. The minimum atomic E-state index is -1.84. The lowest BCUT2D eigenvalue weighted by atomic mass is 10.0. The summed E-state index contributed by atoms with van der Waals surface area (Å²) in [4.78, 5) is 0. The molecule has 3 rings (SSSR count). The Hall–Kier alpha value is -1.47. The van der Waals surface area contributed by atoms with E-state index < -0.39 is 11.1 Å². The number of ether oxygens (including phenoxy) is 3. The fraction of sp³-hybridized carbons (Fsp3) is 0.294. The molecule has 0 fully saturated rings. The van der Waals surface area contributed by atoms with Gasteiger partial charge < -0.3 is 18.8 Å². The van der Waals surface area contributed by atoms with Gasteiger partial charge in [0, 0.05) is 22.6 Å². The first-order valence-electron chi connectivity index (χ1n) is 7.58. The number of halogens is 2. The van der Waals surface area contributed by atoms with E-state index in [2.05, 4.69) is 0 Å². The SMILES string of the molecule is O=S(O)CC1COc2cc(OCCOc3ccc(Cl)cc3Cl)ccc21. The smallest absolute Gasteiger partial charge is 0.153 e. The van der Waals surface area contributed by atoms with Crippen LogP contribution in [0.25, 0.3) is 0 Å². The van der Waals surface area contributed by atoms with Gasteiger partial charge in [0.2, 0.25) is 0 Å². The molecule has 2 aromatic rings. The Kier molecular flexibility index (Phi) is 6.06. The third-order valence-corrected chi connectivity index (χ3v) is 4.93. The molecule has 2 unspecified atom stereocenters. The highest BCUT2D eigenvalue weighted by atomic mass is 35.5. The number of hydrogen-bond donors (Lipinski definition) is 1. The van der Waals surface area contributed by atoms with Crippen molar-refractivity contribution in [1.82, 2.24) is 0 Å². The Labute approximate surface area is 158 Å². The minimum absolute atomic E-state index is 0.0646. The molecule has 0 spiro atoms. The molecule has 0 amide bonds. The molecule has 0 saturated heterocycles. The Bertz CT molecular complexity index is 784. The summed E-state index contributed by atoms with van der Waals surface area (Å²) in [5.41, 5.74) is 0.930. The zero-order valence-electron chi connectivity index (χ0n) is 13.1. The molecule has 5 nitrogen and oxygen atoms in total. The van der Waals surface area contributed by atoms with E-state index in [1.807, 2.05) is 12.1 Å². The van der Waals surface area contributed by atoms with Crippen LogP contribution in [-0.4, -0.2) is 34.3 Å². The molecule has 2 atom stereocenters. The van der Waals surface area contributed by atoms with Crippen LogP contribution >= 0.6 is 23.2 Å². The maximum atomic E-state index is 11.0. The topological polar surface area (TPSA) is 65.0 Å². The quantitative estimate of drug-likeness (QED) is 0.556. The van der Waals surface area contributed by atoms with Crippen molar-refractivity contribution in [1.29, 1.82) is 0 Å². The van der Waals surface area contributed by atoms with Crippen molar-refractivity contribution in [2.75, 3.05) is 25.6 Å². The Morgan fingerprint density at radius 1 is 1.16 bits per heavy atom. The van der Waals surface area contributed by atoms with Gasteiger partial charge in [-0.1, -0.05) is 29.3 Å². The summed E-state index contributed by atoms with van der Waals surface area (Å²) in [6, 6.07) is 10.5. The fourth-order valence-corrected chi connectivity index (χ4v) is 3.64. The van der Waals surface area contributed by atoms with Crippen molar-refractivity contribution in [2.45, 2.75) is 5.92 Å². The van der Waals surface area contributed by atoms with Gasteiger partial charge in [-0.15, -0.1) is 0 Å². The molecular weight excluding hydrogens is 387 g/mol. The van der Waals surface area contributed by atoms with E-state index in [1.165, 1.54) is 0 Å². The third-order valence-electron chi connectivity index (χ3n) is 3.71. The predicted octanol–water partition coefficient (Wildman–Crippen LogP) is 4.15. The molecule has 0 bridgehead atoms. The van der Waals surface area contributed by atoms with Crippen LogP contribution in [0.4, 0.5) is 0 Å². The first-order valence-corrected chi connectivity index (χ1v) is 9.61. The molecule has 0 saturated carbocycles. The molecule has 1 N–H and O–H groups in total. The lowest BCUT2D eigenvalue weighted by molar-refractivity contribution is 0.216. The average molecular weight is 403 g/mol. The molecule has 8 heteroatoms. The summed E-state index contributed by atoms with van der Waals surface area (Å²) in [5, 5.41) is 1.00. The molecule has 134 valence electrons. The third kappa shape index (κ3) is 4.79. The van der Waals surface area contributed by atoms with Gasteiger partial charge >= 0.3 is 0 Å². The van der Waals surface area contributed by atoms with E-state index in [0.29, 0.717) is 47.1 Å². The van der Waals surface area contributed by atoms with E-state index in [1.54, 1.807) is 24.3 Å². The molecule has 0 aromatic heterocycles. The van der Waals surface area contributed by atoms with Gasteiger partial charge in [0.25, 0.3) is 0 Å². The van der Waals surface area contributed by atoms with Crippen LogP contribution in [0.2, 0.25) is 10.0 Å². The molecule has 1 aliphatic heterocycles. The average Bonchev–Trinajstić information content (AvgIpc) is 2.95. The first kappa shape index (κ1) is 18.3. The molecule has 0 radical (unpaired) electrons. The standard InChI is InChI=1S/C17H16Cl2O5S/c18-12-1-4-16(15(19)7-12)23-6-5-22-13-2-3-14-11(10-25(20)21)9-24-17(14)8-13/h1-4,7-8,11H,5-6,9-10H2,(H,20,21). The van der Waals surface area contributed by atoms with Gasteiger partial charge in [0.1, 0.15) is 30.5 Å². The van der Waals surface area contributed by atoms with Crippen LogP contribution in [0.1, 0.15) is 11.5 Å². The molecule has 0 aliphatic carbocycles. The van der Waals surface area contributed by atoms with Gasteiger partial charge in [-0.05, 0) is 24.3 Å². The summed E-state index contributed by atoms with van der Waals surface area (Å²) in [7, 11) is 0. The highest BCUT2D eigenvalue weighted by Crippen LogP contribution is 2.37. The lowest BCUT2D eigenvalue weighted by Gasteiger charge is -2.11. The zero-order valence-corrected chi connectivity index (χ0v) is 15.4. The molecule has 25 heavy (non-hydrogen) atoms. The maximum Gasteiger partial charge on any atom is 0.153 e. The summed E-state index contributed by atoms with van der Waals surface area (Å²) in [6.07, 6.45) is 0. The Morgan fingerprint density at radius 2 is 1.96 bits per heavy atom. The molecule has 1 aliphatic rings. The molecular formula is C17H16Cl2O5S. The first-order chi connectivity index (χ1) is 12.0. The summed E-state index contributed by atoms with van der Waals surface area (Å²) < 4.78 is 36.8. The van der Waals surface area contributed by atoms with Crippen LogP contribution in [0.3, 0.4) is 0 Å². The second kappa shape index (κ2) is 8.27. The van der Waals surface area contributed by atoms with E-state index in [4.69, 9.17) is 42.0 Å². The highest BCUT2D eigenvalue weighted by Gasteiger charge is 2.26. The highest BCUT2D eigenvalue weighted by molar-refractivity contribution is 7.79. The van der Waals surface area contributed by atoms with Crippen LogP contribution in [0, 0.1) is 0 Å².